The van der Waals surface area contributed by atoms with Gasteiger partial charge in [0.05, 0.1) is 15.8 Å². The second kappa shape index (κ2) is 9.51. The van der Waals surface area contributed by atoms with Crippen molar-refractivity contribution in [2.75, 3.05) is 10.2 Å². The third kappa shape index (κ3) is 5.81. The second-order valence-electron chi connectivity index (χ2n) is 8.71. The van der Waals surface area contributed by atoms with Gasteiger partial charge in [-0.25, -0.2) is 14.7 Å². The summed E-state index contributed by atoms with van der Waals surface area (Å²) in [5, 5.41) is 4.07. The summed E-state index contributed by atoms with van der Waals surface area (Å²) in [6.45, 7) is 11.7. The molecule has 1 heterocycles. The van der Waals surface area contributed by atoms with Crippen LogP contribution in [0.3, 0.4) is 0 Å². The summed E-state index contributed by atoms with van der Waals surface area (Å²) in [6.07, 6.45) is 1.15. The molecule has 0 bridgehead atoms. The van der Waals surface area contributed by atoms with Gasteiger partial charge in [0, 0.05) is 23.0 Å². The first-order valence-electron chi connectivity index (χ1n) is 10.2. The lowest BCUT2D eigenvalue weighted by Crippen LogP contribution is -2.34. The normalized spacial score (nSPS) is 11.2. The Balaban J connectivity index is 2.06. The molecule has 3 aromatic rings. The van der Waals surface area contributed by atoms with Crippen molar-refractivity contribution >= 4 is 56.5 Å². The number of rotatable bonds is 4. The number of benzene rings is 2. The highest BCUT2D eigenvalue weighted by Gasteiger charge is 2.26. The van der Waals surface area contributed by atoms with Gasteiger partial charge in [-0.1, -0.05) is 29.3 Å². The molecule has 7 heteroatoms. The van der Waals surface area contributed by atoms with Crippen molar-refractivity contribution in [1.29, 1.82) is 0 Å². The Hall–Kier alpha value is -2.57. The molecule has 1 amide bonds. The van der Waals surface area contributed by atoms with Crippen LogP contribution in [0.4, 0.5) is 27.7 Å². The highest BCUT2D eigenvalue weighted by Crippen LogP contribution is 2.35. The molecule has 32 heavy (non-hydrogen) atoms. The van der Waals surface area contributed by atoms with Crippen LogP contribution in [0.25, 0.3) is 0 Å². The molecule has 3 rings (SSSR count). The maximum absolute atomic E-state index is 13.1. The van der Waals surface area contributed by atoms with Crippen molar-refractivity contribution in [3.05, 3.63) is 74.8 Å². The molecule has 0 aliphatic rings. The van der Waals surface area contributed by atoms with E-state index in [0.717, 1.165) is 27.0 Å². The molecular formula is C25H27BrClN3O2. The zero-order valence-electron chi connectivity index (χ0n) is 19.1. The summed E-state index contributed by atoms with van der Waals surface area (Å²) in [4.78, 5) is 19.1. The molecule has 1 N–H and O–H groups in total. The van der Waals surface area contributed by atoms with E-state index in [4.69, 9.17) is 16.3 Å². The van der Waals surface area contributed by atoms with Crippen molar-refractivity contribution in [1.82, 2.24) is 4.98 Å². The number of anilines is 4. The van der Waals surface area contributed by atoms with E-state index in [1.165, 1.54) is 10.5 Å². The smallest absolute Gasteiger partial charge is 0.420 e. The first kappa shape index (κ1) is 24.1. The molecule has 1 aromatic heterocycles. The molecule has 5 nitrogen and oxygen atoms in total. The Morgan fingerprint density at radius 1 is 1.06 bits per heavy atom. The summed E-state index contributed by atoms with van der Waals surface area (Å²) in [7, 11) is 0. The maximum Gasteiger partial charge on any atom is 0.420 e. The van der Waals surface area contributed by atoms with Gasteiger partial charge in [-0.3, -0.25) is 0 Å². The fourth-order valence-corrected chi connectivity index (χ4v) is 3.83. The predicted octanol–water partition coefficient (Wildman–Crippen LogP) is 8.24. The van der Waals surface area contributed by atoms with Gasteiger partial charge in [0.15, 0.2) is 0 Å². The minimum Gasteiger partial charge on any atom is -0.443 e. The van der Waals surface area contributed by atoms with Crippen molar-refractivity contribution in [3.8, 4) is 0 Å². The Morgan fingerprint density at radius 3 is 2.22 bits per heavy atom. The predicted molar refractivity (Wildman–Crippen MR) is 136 cm³/mol. The molecule has 2 aromatic carbocycles. The molecule has 0 fully saturated rings. The molecule has 0 radical (unpaired) electrons. The van der Waals surface area contributed by atoms with Gasteiger partial charge in [-0.2, -0.15) is 0 Å². The van der Waals surface area contributed by atoms with E-state index in [-0.39, 0.29) is 0 Å². The fraction of sp³-hybridized carbons (Fsp3) is 0.280. The van der Waals surface area contributed by atoms with Crippen molar-refractivity contribution in [3.63, 3.8) is 0 Å². The lowest BCUT2D eigenvalue weighted by Gasteiger charge is -2.27. The summed E-state index contributed by atoms with van der Waals surface area (Å²) in [6, 6.07) is 13.1. The SMILES string of the molecule is Cc1cc(C)c(Nc2cc(N(C(=O)OC(C)(C)C)c3ccc(Cl)cc3)ncc2Br)c(C)c1. The quantitative estimate of drug-likeness (QED) is 0.379. The van der Waals surface area contributed by atoms with Gasteiger partial charge < -0.3 is 10.1 Å². The number of hydrogen-bond acceptors (Lipinski definition) is 4. The number of nitrogens with zero attached hydrogens (tertiary/aromatic N) is 2. The van der Waals surface area contributed by atoms with E-state index in [9.17, 15) is 4.79 Å². The van der Waals surface area contributed by atoms with Crippen LogP contribution < -0.4 is 10.2 Å². The van der Waals surface area contributed by atoms with Crippen molar-refractivity contribution in [2.24, 2.45) is 0 Å². The summed E-state index contributed by atoms with van der Waals surface area (Å²) < 4.78 is 6.44. The highest BCUT2D eigenvalue weighted by molar-refractivity contribution is 9.10. The van der Waals surface area contributed by atoms with Crippen LogP contribution in [0.5, 0.6) is 0 Å². The number of aryl methyl sites for hydroxylation is 3. The lowest BCUT2D eigenvalue weighted by molar-refractivity contribution is 0.0598. The summed E-state index contributed by atoms with van der Waals surface area (Å²) in [5.41, 5.74) is 5.22. The van der Waals surface area contributed by atoms with Gasteiger partial charge in [-0.05, 0) is 92.9 Å². The van der Waals surface area contributed by atoms with Crippen LogP contribution in [0.2, 0.25) is 5.02 Å². The number of nitrogens with one attached hydrogen (secondary N) is 1. The van der Waals surface area contributed by atoms with Gasteiger partial charge in [0.1, 0.15) is 11.4 Å². The number of pyridine rings is 1. The molecule has 0 atom stereocenters. The summed E-state index contributed by atoms with van der Waals surface area (Å²) in [5.74, 6) is 0.426. The average molecular weight is 517 g/mol. The van der Waals surface area contributed by atoms with Crippen LogP contribution in [-0.2, 0) is 4.74 Å². The van der Waals surface area contributed by atoms with E-state index in [2.05, 4.69) is 59.1 Å². The number of halogens is 2. The van der Waals surface area contributed by atoms with Gasteiger partial charge in [-0.15, -0.1) is 0 Å². The second-order valence-corrected chi connectivity index (χ2v) is 10.0. The Kier molecular flexibility index (Phi) is 7.16. The first-order chi connectivity index (χ1) is 14.9. The Morgan fingerprint density at radius 2 is 1.66 bits per heavy atom. The number of hydrogen-bond donors (Lipinski definition) is 1. The number of carbonyl (C=O) groups excluding carboxylic acids is 1. The van der Waals surface area contributed by atoms with Crippen molar-refractivity contribution < 1.29 is 9.53 Å². The average Bonchev–Trinajstić information content (AvgIpc) is 2.67. The van der Waals surface area contributed by atoms with Crippen LogP contribution in [0.1, 0.15) is 37.5 Å². The van der Waals surface area contributed by atoms with Crippen molar-refractivity contribution in [2.45, 2.75) is 47.1 Å². The number of amides is 1. The molecule has 0 aliphatic heterocycles. The fourth-order valence-electron chi connectivity index (χ4n) is 3.39. The zero-order valence-corrected chi connectivity index (χ0v) is 21.4. The molecule has 0 saturated carbocycles. The third-order valence-corrected chi connectivity index (χ3v) is 5.55. The van der Waals surface area contributed by atoms with E-state index < -0.39 is 11.7 Å². The van der Waals surface area contributed by atoms with Crippen LogP contribution in [0, 0.1) is 20.8 Å². The topological polar surface area (TPSA) is 54.5 Å². The van der Waals surface area contributed by atoms with Gasteiger partial charge in [0.2, 0.25) is 0 Å². The Bertz CT molecular complexity index is 1120. The van der Waals surface area contributed by atoms with Gasteiger partial charge >= 0.3 is 6.09 Å². The third-order valence-electron chi connectivity index (χ3n) is 4.67. The lowest BCUT2D eigenvalue weighted by atomic mass is 10.0. The van der Waals surface area contributed by atoms with Crippen LogP contribution in [-0.4, -0.2) is 16.7 Å². The minimum atomic E-state index is -0.658. The molecule has 168 valence electrons. The maximum atomic E-state index is 13.1. The number of ether oxygens (including phenoxy) is 1. The standard InChI is InChI=1S/C25H27BrClN3O2/c1-15-11-16(2)23(17(3)12-15)29-21-13-22(28-14-20(21)26)30(24(31)32-25(4,5)6)19-9-7-18(27)8-10-19/h7-14H,1-6H3,(H,28,29). The number of aromatic nitrogens is 1. The van der Waals surface area contributed by atoms with Crippen LogP contribution >= 0.6 is 27.5 Å². The largest absolute Gasteiger partial charge is 0.443 e. The monoisotopic (exact) mass is 515 g/mol. The van der Waals surface area contributed by atoms with Crippen LogP contribution in [0.15, 0.2) is 53.1 Å². The molecule has 0 spiro atoms. The summed E-state index contributed by atoms with van der Waals surface area (Å²) >= 11 is 9.63. The molecule has 0 saturated heterocycles. The first-order valence-corrected chi connectivity index (χ1v) is 11.4. The Labute approximate surface area is 202 Å². The molecule has 0 aliphatic carbocycles. The number of carbonyl (C=O) groups is 1. The molecule has 0 unspecified atom stereocenters. The van der Waals surface area contributed by atoms with E-state index >= 15 is 0 Å². The van der Waals surface area contributed by atoms with E-state index in [1.807, 2.05) is 26.8 Å². The minimum absolute atomic E-state index is 0.426. The zero-order chi connectivity index (χ0) is 23.6. The van der Waals surface area contributed by atoms with E-state index in [0.29, 0.717) is 16.5 Å². The highest BCUT2D eigenvalue weighted by atomic mass is 79.9. The van der Waals surface area contributed by atoms with Gasteiger partial charge in [0.25, 0.3) is 0 Å². The van der Waals surface area contributed by atoms with E-state index in [1.54, 1.807) is 30.5 Å². The molecular weight excluding hydrogens is 490 g/mol.